The van der Waals surface area contributed by atoms with E-state index in [2.05, 4.69) is 24.1 Å². The van der Waals surface area contributed by atoms with E-state index in [1.54, 1.807) is 12.5 Å². The molecule has 0 fully saturated rings. The SMILES string of the molecule is CCCC(CC(=O)NCC(CC)CCO)n1ccnc1. The molecule has 5 heteroatoms. The van der Waals surface area contributed by atoms with Gasteiger partial charge >= 0.3 is 0 Å². The Labute approximate surface area is 121 Å². The van der Waals surface area contributed by atoms with E-state index >= 15 is 0 Å². The molecule has 1 heterocycles. The number of carbonyl (C=O) groups excluding carboxylic acids is 1. The summed E-state index contributed by atoms with van der Waals surface area (Å²) in [7, 11) is 0. The Balaban J connectivity index is 2.42. The van der Waals surface area contributed by atoms with Crippen LogP contribution in [-0.4, -0.2) is 33.7 Å². The molecule has 1 rings (SSSR count). The Morgan fingerprint density at radius 2 is 2.20 bits per heavy atom. The fourth-order valence-electron chi connectivity index (χ4n) is 2.35. The lowest BCUT2D eigenvalue weighted by molar-refractivity contribution is -0.122. The molecule has 0 saturated heterocycles. The lowest BCUT2D eigenvalue weighted by atomic mass is 10.0. The van der Waals surface area contributed by atoms with Gasteiger partial charge in [0.15, 0.2) is 0 Å². The zero-order valence-corrected chi connectivity index (χ0v) is 12.6. The lowest BCUT2D eigenvalue weighted by Crippen LogP contribution is -2.31. The minimum Gasteiger partial charge on any atom is -0.396 e. The quantitative estimate of drug-likeness (QED) is 0.690. The average molecular weight is 281 g/mol. The van der Waals surface area contributed by atoms with Crippen LogP contribution >= 0.6 is 0 Å². The first-order valence-corrected chi connectivity index (χ1v) is 7.56. The topological polar surface area (TPSA) is 67.2 Å². The summed E-state index contributed by atoms with van der Waals surface area (Å²) in [5.41, 5.74) is 0. The van der Waals surface area contributed by atoms with Gasteiger partial charge in [0, 0.05) is 38.0 Å². The van der Waals surface area contributed by atoms with Crippen LogP contribution in [0.5, 0.6) is 0 Å². The highest BCUT2D eigenvalue weighted by atomic mass is 16.3. The molecule has 1 aromatic heterocycles. The van der Waals surface area contributed by atoms with E-state index in [0.717, 1.165) is 25.7 Å². The van der Waals surface area contributed by atoms with Crippen molar-refractivity contribution in [2.45, 2.75) is 52.0 Å². The summed E-state index contributed by atoms with van der Waals surface area (Å²) in [5, 5.41) is 11.9. The van der Waals surface area contributed by atoms with Crippen molar-refractivity contribution in [2.75, 3.05) is 13.2 Å². The molecule has 0 aliphatic carbocycles. The minimum atomic E-state index is 0.0774. The first-order valence-electron chi connectivity index (χ1n) is 7.56. The first-order chi connectivity index (χ1) is 9.71. The van der Waals surface area contributed by atoms with Crippen LogP contribution in [0.2, 0.25) is 0 Å². The third kappa shape index (κ3) is 5.74. The number of aliphatic hydroxyl groups excluding tert-OH is 1. The van der Waals surface area contributed by atoms with Crippen LogP contribution in [0.4, 0.5) is 0 Å². The molecule has 0 aromatic carbocycles. The molecule has 2 unspecified atom stereocenters. The number of hydrogen-bond donors (Lipinski definition) is 2. The first kappa shape index (κ1) is 16.7. The number of nitrogens with one attached hydrogen (secondary N) is 1. The minimum absolute atomic E-state index is 0.0774. The molecule has 2 N–H and O–H groups in total. The summed E-state index contributed by atoms with van der Waals surface area (Å²) < 4.78 is 2.01. The third-order valence-corrected chi connectivity index (χ3v) is 3.69. The molecule has 0 radical (unpaired) electrons. The zero-order chi connectivity index (χ0) is 14.8. The molecule has 0 aliphatic heterocycles. The summed E-state index contributed by atoms with van der Waals surface area (Å²) in [5.74, 6) is 0.440. The largest absolute Gasteiger partial charge is 0.396 e. The maximum atomic E-state index is 12.0. The number of hydrogen-bond acceptors (Lipinski definition) is 3. The molecular weight excluding hydrogens is 254 g/mol. The Morgan fingerprint density at radius 1 is 1.40 bits per heavy atom. The molecule has 0 saturated carbocycles. The van der Waals surface area contributed by atoms with E-state index in [9.17, 15) is 4.79 Å². The van der Waals surface area contributed by atoms with Gasteiger partial charge in [-0.05, 0) is 18.8 Å². The predicted molar refractivity (Wildman–Crippen MR) is 79.3 cm³/mol. The third-order valence-electron chi connectivity index (χ3n) is 3.69. The Kier molecular flexibility index (Phi) is 7.95. The number of amides is 1. The van der Waals surface area contributed by atoms with Crippen LogP contribution in [0.3, 0.4) is 0 Å². The summed E-state index contributed by atoms with van der Waals surface area (Å²) in [6.45, 7) is 5.04. The van der Waals surface area contributed by atoms with Crippen molar-refractivity contribution in [3.05, 3.63) is 18.7 Å². The van der Waals surface area contributed by atoms with Gasteiger partial charge in [-0.2, -0.15) is 0 Å². The van der Waals surface area contributed by atoms with Crippen molar-refractivity contribution in [2.24, 2.45) is 5.92 Å². The number of imidazole rings is 1. The van der Waals surface area contributed by atoms with E-state index in [1.165, 1.54) is 0 Å². The van der Waals surface area contributed by atoms with E-state index in [1.807, 2.05) is 10.8 Å². The monoisotopic (exact) mass is 281 g/mol. The van der Waals surface area contributed by atoms with Gasteiger partial charge in [0.1, 0.15) is 0 Å². The number of nitrogens with zero attached hydrogens (tertiary/aromatic N) is 2. The fourth-order valence-corrected chi connectivity index (χ4v) is 2.35. The summed E-state index contributed by atoms with van der Waals surface area (Å²) in [4.78, 5) is 16.1. The molecule has 0 bridgehead atoms. The van der Waals surface area contributed by atoms with Gasteiger partial charge in [-0.25, -0.2) is 4.98 Å². The van der Waals surface area contributed by atoms with E-state index in [4.69, 9.17) is 5.11 Å². The molecule has 5 nitrogen and oxygen atoms in total. The van der Waals surface area contributed by atoms with Gasteiger partial charge in [-0.1, -0.05) is 26.7 Å². The van der Waals surface area contributed by atoms with E-state index < -0.39 is 0 Å². The number of rotatable bonds is 10. The molecule has 114 valence electrons. The van der Waals surface area contributed by atoms with Gasteiger partial charge in [0.2, 0.25) is 5.91 Å². The predicted octanol–water partition coefficient (Wildman–Crippen LogP) is 2.14. The van der Waals surface area contributed by atoms with Gasteiger partial charge in [0.05, 0.1) is 6.33 Å². The molecule has 1 amide bonds. The normalized spacial score (nSPS) is 13.9. The number of carbonyl (C=O) groups is 1. The highest BCUT2D eigenvalue weighted by molar-refractivity contribution is 5.76. The molecular formula is C15H27N3O2. The highest BCUT2D eigenvalue weighted by Gasteiger charge is 2.15. The van der Waals surface area contributed by atoms with Crippen LogP contribution in [0.25, 0.3) is 0 Å². The Morgan fingerprint density at radius 3 is 2.75 bits per heavy atom. The Hall–Kier alpha value is -1.36. The van der Waals surface area contributed by atoms with Crippen LogP contribution < -0.4 is 5.32 Å². The van der Waals surface area contributed by atoms with E-state index in [0.29, 0.717) is 18.9 Å². The standard InChI is InChI=1S/C15H27N3O2/c1-3-5-14(18-8-7-16-12-18)10-15(20)17-11-13(4-2)6-9-19/h7-8,12-14,19H,3-6,9-11H2,1-2H3,(H,17,20). The summed E-state index contributed by atoms with van der Waals surface area (Å²) in [6, 6.07) is 0.181. The maximum absolute atomic E-state index is 12.0. The van der Waals surface area contributed by atoms with Gasteiger partial charge < -0.3 is 15.0 Å². The van der Waals surface area contributed by atoms with Crippen LogP contribution in [-0.2, 0) is 4.79 Å². The van der Waals surface area contributed by atoms with Crippen LogP contribution in [0.15, 0.2) is 18.7 Å². The maximum Gasteiger partial charge on any atom is 0.222 e. The number of aliphatic hydroxyl groups is 1. The molecule has 2 atom stereocenters. The molecule has 0 spiro atoms. The van der Waals surface area contributed by atoms with Crippen molar-refractivity contribution in [3.8, 4) is 0 Å². The highest BCUT2D eigenvalue weighted by Crippen LogP contribution is 2.17. The van der Waals surface area contributed by atoms with Gasteiger partial charge in [0.25, 0.3) is 0 Å². The fraction of sp³-hybridized carbons (Fsp3) is 0.733. The number of aromatic nitrogens is 2. The lowest BCUT2D eigenvalue weighted by Gasteiger charge is -2.19. The molecule has 20 heavy (non-hydrogen) atoms. The summed E-state index contributed by atoms with van der Waals surface area (Å²) in [6.07, 6.45) is 9.64. The smallest absolute Gasteiger partial charge is 0.222 e. The second kappa shape index (κ2) is 9.53. The molecule has 1 aromatic rings. The molecule has 0 aliphatic rings. The van der Waals surface area contributed by atoms with Crippen molar-refractivity contribution in [1.82, 2.24) is 14.9 Å². The van der Waals surface area contributed by atoms with Crippen LogP contribution in [0.1, 0.15) is 52.0 Å². The van der Waals surface area contributed by atoms with Crippen molar-refractivity contribution < 1.29 is 9.90 Å². The van der Waals surface area contributed by atoms with Crippen molar-refractivity contribution in [1.29, 1.82) is 0 Å². The Bertz CT molecular complexity index is 365. The zero-order valence-electron chi connectivity index (χ0n) is 12.6. The van der Waals surface area contributed by atoms with Gasteiger partial charge in [-0.3, -0.25) is 4.79 Å². The van der Waals surface area contributed by atoms with E-state index in [-0.39, 0.29) is 18.6 Å². The van der Waals surface area contributed by atoms with Crippen LogP contribution in [0, 0.1) is 5.92 Å². The summed E-state index contributed by atoms with van der Waals surface area (Å²) >= 11 is 0. The second-order valence-electron chi connectivity index (χ2n) is 5.25. The second-order valence-corrected chi connectivity index (χ2v) is 5.25. The van der Waals surface area contributed by atoms with Crippen molar-refractivity contribution >= 4 is 5.91 Å². The van der Waals surface area contributed by atoms with Crippen molar-refractivity contribution in [3.63, 3.8) is 0 Å². The average Bonchev–Trinajstić information content (AvgIpc) is 2.97. The van der Waals surface area contributed by atoms with Gasteiger partial charge in [-0.15, -0.1) is 0 Å².